The Kier molecular flexibility index (Phi) is 10.2. The van der Waals surface area contributed by atoms with E-state index in [2.05, 4.69) is 37.5 Å². The number of hydrogen-bond acceptors (Lipinski definition) is 1. The monoisotopic (exact) mass is 251 g/mol. The average Bonchev–Trinajstić information content (AvgIpc) is 2.24. The van der Waals surface area contributed by atoms with Gasteiger partial charge >= 0.3 is 0 Å². The molecule has 0 aliphatic carbocycles. The van der Waals surface area contributed by atoms with Crippen LogP contribution in [0.15, 0.2) is 11.8 Å². The zero-order chi connectivity index (χ0) is 13.0. The van der Waals surface area contributed by atoms with Gasteiger partial charge in [-0.15, -0.1) is 0 Å². The topological polar surface area (TPSA) is 23.8 Å². The van der Waals surface area contributed by atoms with Crippen molar-refractivity contribution in [1.82, 2.24) is 0 Å². The molecule has 17 heavy (non-hydrogen) atoms. The largest absolute Gasteiger partial charge is 0.198 e. The molecule has 0 aliphatic rings. The molecule has 2 heteroatoms. The van der Waals surface area contributed by atoms with Crippen LogP contribution in [0.5, 0.6) is 0 Å². The lowest BCUT2D eigenvalue weighted by atomic mass is 10.1. The van der Waals surface area contributed by atoms with E-state index in [0.29, 0.717) is 0 Å². The molecule has 0 saturated carbocycles. The van der Waals surface area contributed by atoms with Crippen LogP contribution in [0, 0.1) is 11.3 Å². The molecule has 0 bridgehead atoms. The van der Waals surface area contributed by atoms with E-state index >= 15 is 0 Å². The summed E-state index contributed by atoms with van der Waals surface area (Å²) in [6, 6.07) is 2.20. The normalized spacial score (nSPS) is 11.9. The van der Waals surface area contributed by atoms with Crippen molar-refractivity contribution < 1.29 is 0 Å². The van der Waals surface area contributed by atoms with Gasteiger partial charge in [0, 0.05) is 6.42 Å². The second-order valence-electron chi connectivity index (χ2n) is 5.94. The lowest BCUT2D eigenvalue weighted by Crippen LogP contribution is -2.15. The van der Waals surface area contributed by atoms with Gasteiger partial charge in [0.25, 0.3) is 0 Å². The maximum absolute atomic E-state index is 8.39. The molecule has 0 unspecified atom stereocenters. The van der Waals surface area contributed by atoms with Crippen LogP contribution in [0.25, 0.3) is 0 Å². The van der Waals surface area contributed by atoms with Gasteiger partial charge in [-0.25, -0.2) is 0 Å². The fraction of sp³-hybridized carbons (Fsp3) is 0.800. The summed E-state index contributed by atoms with van der Waals surface area (Å²) in [4.78, 5) is 0. The van der Waals surface area contributed by atoms with Crippen LogP contribution in [-0.2, 0) is 0 Å². The van der Waals surface area contributed by atoms with Crippen LogP contribution in [0.2, 0.25) is 19.6 Å². The van der Waals surface area contributed by atoms with Crippen molar-refractivity contribution >= 4 is 8.07 Å². The molecular formula is C15H29NSi. The van der Waals surface area contributed by atoms with Gasteiger partial charge in [-0.2, -0.15) is 5.26 Å². The van der Waals surface area contributed by atoms with Crippen molar-refractivity contribution in [2.75, 3.05) is 0 Å². The summed E-state index contributed by atoms with van der Waals surface area (Å²) in [5.41, 5.74) is 2.45. The molecule has 0 aromatic carbocycles. The Labute approximate surface area is 109 Å². The molecule has 0 rings (SSSR count). The summed E-state index contributed by atoms with van der Waals surface area (Å²) >= 11 is 0. The van der Waals surface area contributed by atoms with Gasteiger partial charge in [0.2, 0.25) is 0 Å². The Morgan fingerprint density at radius 3 is 1.94 bits per heavy atom. The summed E-state index contributed by atoms with van der Waals surface area (Å²) in [5, 5.41) is 8.39. The highest BCUT2D eigenvalue weighted by Gasteiger charge is 2.05. The van der Waals surface area contributed by atoms with E-state index < -0.39 is 8.07 Å². The van der Waals surface area contributed by atoms with E-state index in [1.807, 2.05) is 0 Å². The van der Waals surface area contributed by atoms with Gasteiger partial charge in [-0.05, 0) is 19.3 Å². The van der Waals surface area contributed by atoms with Gasteiger partial charge in [0.05, 0.1) is 14.1 Å². The van der Waals surface area contributed by atoms with E-state index in [9.17, 15) is 0 Å². The van der Waals surface area contributed by atoms with Crippen molar-refractivity contribution in [3.05, 3.63) is 11.8 Å². The average molecular weight is 251 g/mol. The number of unbranched alkanes of at least 4 members (excludes halogenated alkanes) is 8. The number of hydrogen-bond donors (Lipinski definition) is 0. The molecule has 0 heterocycles. The maximum atomic E-state index is 8.39. The molecule has 0 aromatic heterocycles. The highest BCUT2D eigenvalue weighted by molar-refractivity contribution is 6.80. The quantitative estimate of drug-likeness (QED) is 0.374. The summed E-state index contributed by atoms with van der Waals surface area (Å²) in [5.74, 6) is 0. The minimum atomic E-state index is -0.958. The first-order chi connectivity index (χ1) is 8.06. The van der Waals surface area contributed by atoms with Crippen LogP contribution < -0.4 is 0 Å². The van der Waals surface area contributed by atoms with Gasteiger partial charge in [0.1, 0.15) is 0 Å². The second-order valence-corrected chi connectivity index (χ2v) is 11.0. The molecule has 1 nitrogen and oxygen atoms in total. The second kappa shape index (κ2) is 10.6. The van der Waals surface area contributed by atoms with Crippen molar-refractivity contribution in [2.45, 2.75) is 77.4 Å². The van der Waals surface area contributed by atoms with Crippen molar-refractivity contribution in [3.63, 3.8) is 0 Å². The van der Waals surface area contributed by atoms with Crippen LogP contribution in [-0.4, -0.2) is 8.07 Å². The Bertz CT molecular complexity index is 232. The molecule has 0 saturated heterocycles. The number of allylic oxidation sites excluding steroid dienone is 1. The van der Waals surface area contributed by atoms with Gasteiger partial charge in [-0.3, -0.25) is 0 Å². The molecule has 0 aromatic rings. The molecular weight excluding hydrogens is 222 g/mol. The highest BCUT2D eigenvalue weighted by Crippen LogP contribution is 2.10. The Balaban J connectivity index is 3.14. The van der Waals surface area contributed by atoms with Gasteiger partial charge in [0.15, 0.2) is 0 Å². The maximum Gasteiger partial charge on any atom is 0.0682 e. The fourth-order valence-corrected chi connectivity index (χ4v) is 2.66. The molecule has 0 fully saturated rings. The van der Waals surface area contributed by atoms with Crippen molar-refractivity contribution in [3.8, 4) is 6.07 Å². The number of rotatable bonds is 10. The van der Waals surface area contributed by atoms with Crippen molar-refractivity contribution in [2.24, 2.45) is 0 Å². The van der Waals surface area contributed by atoms with Crippen LogP contribution in [0.3, 0.4) is 0 Å². The smallest absolute Gasteiger partial charge is 0.0682 e. The lowest BCUT2D eigenvalue weighted by Gasteiger charge is -2.07. The third-order valence-electron chi connectivity index (χ3n) is 2.78. The van der Waals surface area contributed by atoms with E-state index in [-0.39, 0.29) is 0 Å². The molecule has 98 valence electrons. The predicted octanol–water partition coefficient (Wildman–Crippen LogP) is 5.45. The zero-order valence-corrected chi connectivity index (χ0v) is 13.0. The van der Waals surface area contributed by atoms with Crippen LogP contribution >= 0.6 is 0 Å². The molecule has 0 amide bonds. The minimum absolute atomic E-state index is 0.738. The van der Waals surface area contributed by atoms with Gasteiger partial charge in [-0.1, -0.05) is 63.5 Å². The Hall–Kier alpha value is -0.553. The zero-order valence-electron chi connectivity index (χ0n) is 12.0. The predicted molar refractivity (Wildman–Crippen MR) is 79.7 cm³/mol. The van der Waals surface area contributed by atoms with Crippen molar-refractivity contribution in [1.29, 1.82) is 5.26 Å². The van der Waals surface area contributed by atoms with E-state index in [4.69, 9.17) is 5.26 Å². The van der Waals surface area contributed by atoms with E-state index in [1.165, 1.54) is 44.9 Å². The third-order valence-corrected chi connectivity index (χ3v) is 4.01. The number of nitrogens with zero attached hydrogens (tertiary/aromatic N) is 1. The van der Waals surface area contributed by atoms with E-state index in [0.717, 1.165) is 12.8 Å². The minimum Gasteiger partial charge on any atom is -0.198 e. The standard InChI is InChI=1S/C15H29NSi/c1-17(2,3)15-13-11-9-7-5-4-6-8-10-12-14-16/h13,15H,4-12H2,1-3H3/b15-13+. The molecule has 0 N–H and O–H groups in total. The highest BCUT2D eigenvalue weighted by atomic mass is 28.3. The first kappa shape index (κ1) is 16.4. The molecule has 0 radical (unpaired) electrons. The van der Waals surface area contributed by atoms with Gasteiger partial charge < -0.3 is 0 Å². The molecule has 0 aliphatic heterocycles. The summed E-state index contributed by atoms with van der Waals surface area (Å²) in [7, 11) is -0.958. The lowest BCUT2D eigenvalue weighted by molar-refractivity contribution is 0.585. The SMILES string of the molecule is C[Si](C)(C)/C=C/CCCCCCCCCC#N. The third kappa shape index (κ3) is 15.4. The fourth-order valence-electron chi connectivity index (χ4n) is 1.79. The summed E-state index contributed by atoms with van der Waals surface area (Å²) in [6.07, 6.45) is 13.5. The first-order valence-electron chi connectivity index (χ1n) is 7.11. The molecule has 0 atom stereocenters. The molecule has 0 spiro atoms. The summed E-state index contributed by atoms with van der Waals surface area (Å²) in [6.45, 7) is 7.14. The van der Waals surface area contributed by atoms with Crippen LogP contribution in [0.1, 0.15) is 57.8 Å². The number of nitriles is 1. The first-order valence-corrected chi connectivity index (χ1v) is 10.7. The Morgan fingerprint density at radius 2 is 1.41 bits per heavy atom. The Morgan fingerprint density at radius 1 is 0.882 bits per heavy atom. The van der Waals surface area contributed by atoms with E-state index in [1.54, 1.807) is 0 Å². The van der Waals surface area contributed by atoms with Crippen LogP contribution in [0.4, 0.5) is 0 Å². The summed E-state index contributed by atoms with van der Waals surface area (Å²) < 4.78 is 0.